The number of nitrogens with zero attached hydrogens (tertiary/aromatic N) is 2. The molecule has 4 atom stereocenters. The van der Waals surface area contributed by atoms with E-state index in [-0.39, 0.29) is 23.5 Å². The van der Waals surface area contributed by atoms with E-state index in [9.17, 15) is 35.0 Å². The number of aliphatic hydroxyl groups excluding tert-OH is 2. The maximum absolute atomic E-state index is 13.5. The number of rotatable bonds is 8. The number of carbonyl (C=O) groups excluding carboxylic acids is 2. The van der Waals surface area contributed by atoms with Crippen LogP contribution < -0.4 is 4.90 Å². The monoisotopic (exact) mass is 506 g/mol. The third kappa shape index (κ3) is 5.05. The highest BCUT2D eigenvalue weighted by molar-refractivity contribution is 6.22. The van der Waals surface area contributed by atoms with Gasteiger partial charge < -0.3 is 15.3 Å². The summed E-state index contributed by atoms with van der Waals surface area (Å²) in [6.45, 7) is 3.28. The van der Waals surface area contributed by atoms with Crippen molar-refractivity contribution in [2.45, 2.75) is 39.2 Å². The summed E-state index contributed by atoms with van der Waals surface area (Å²) < 4.78 is 0. The molecule has 194 valence electrons. The van der Waals surface area contributed by atoms with Crippen molar-refractivity contribution in [1.82, 2.24) is 0 Å². The van der Waals surface area contributed by atoms with Gasteiger partial charge in [-0.15, -0.1) is 0 Å². The maximum Gasteiger partial charge on any atom is 0.271 e. The number of hydrogen-bond donors (Lipinski definition) is 3. The van der Waals surface area contributed by atoms with Crippen LogP contribution in [0.5, 0.6) is 5.75 Å². The summed E-state index contributed by atoms with van der Waals surface area (Å²) >= 11 is 0. The minimum absolute atomic E-state index is 0.125. The fraction of sp³-hybridized carbons (Fsp3) is 0.357. The van der Waals surface area contributed by atoms with Gasteiger partial charge in [0, 0.05) is 23.6 Å². The molecule has 0 aromatic heterocycles. The molecule has 0 radical (unpaired) electrons. The molecule has 2 aromatic carbocycles. The summed E-state index contributed by atoms with van der Waals surface area (Å²) in [5, 5.41) is 42.6. The average molecular weight is 507 g/mol. The van der Waals surface area contributed by atoms with Gasteiger partial charge in [-0.05, 0) is 50.8 Å². The molecule has 9 nitrogen and oxygen atoms in total. The molecule has 37 heavy (non-hydrogen) atoms. The third-order valence-corrected chi connectivity index (χ3v) is 7.33. The van der Waals surface area contributed by atoms with Crippen LogP contribution in [0.4, 0.5) is 11.4 Å². The van der Waals surface area contributed by atoms with Gasteiger partial charge in [-0.2, -0.15) is 0 Å². The van der Waals surface area contributed by atoms with E-state index in [1.165, 1.54) is 24.3 Å². The number of phenols is 1. The minimum atomic E-state index is -0.930. The van der Waals surface area contributed by atoms with Gasteiger partial charge in [0.05, 0.1) is 35.2 Å². The Bertz CT molecular complexity index is 1300. The van der Waals surface area contributed by atoms with Gasteiger partial charge in [0.25, 0.3) is 5.69 Å². The Balaban J connectivity index is 1.55. The molecule has 1 heterocycles. The number of fused-ring (bicyclic) bond motifs is 1. The predicted molar refractivity (Wildman–Crippen MR) is 137 cm³/mol. The molecule has 2 amide bonds. The number of para-hydroxylation sites is 1. The second-order valence-electron chi connectivity index (χ2n) is 9.75. The first kappa shape index (κ1) is 26.2. The molecule has 1 fully saturated rings. The zero-order valence-electron chi connectivity index (χ0n) is 20.7. The summed E-state index contributed by atoms with van der Waals surface area (Å²) in [6, 6.07) is 12.3. The first-order valence-corrected chi connectivity index (χ1v) is 12.2. The van der Waals surface area contributed by atoms with Gasteiger partial charge in [-0.1, -0.05) is 41.5 Å². The van der Waals surface area contributed by atoms with E-state index in [1.807, 2.05) is 19.1 Å². The Labute approximate surface area is 214 Å². The van der Waals surface area contributed by atoms with E-state index >= 15 is 0 Å². The number of imide groups is 1. The zero-order chi connectivity index (χ0) is 26.9. The SMILES string of the molecule is CC1=C([C@H](O)CC/C(C)=C/c2ccccc2O)[C@H](CO)[C@@H]2C(=O)N(c3cccc([N+](=O)[O-])c3)C(=O)[C@@H]2C1. The molecule has 3 N–H and O–H groups in total. The fourth-order valence-electron chi connectivity index (χ4n) is 5.58. The van der Waals surface area contributed by atoms with Crippen LogP contribution in [0.2, 0.25) is 0 Å². The van der Waals surface area contributed by atoms with Gasteiger partial charge in [-0.3, -0.25) is 19.7 Å². The molecule has 0 unspecified atom stereocenters. The molecular formula is C28H30N2O7. The Morgan fingerprint density at radius 2 is 1.92 bits per heavy atom. The molecule has 9 heteroatoms. The minimum Gasteiger partial charge on any atom is -0.507 e. The highest BCUT2D eigenvalue weighted by Gasteiger charge is 2.54. The summed E-state index contributed by atoms with van der Waals surface area (Å²) in [5.74, 6) is -3.12. The molecule has 2 aromatic rings. The number of amides is 2. The Morgan fingerprint density at radius 1 is 1.19 bits per heavy atom. The van der Waals surface area contributed by atoms with Crippen molar-refractivity contribution in [2.75, 3.05) is 11.5 Å². The number of aliphatic hydroxyl groups is 2. The molecule has 1 aliphatic carbocycles. The molecule has 4 rings (SSSR count). The standard InChI is InChI=1S/C28H30N2O7/c1-16(12-18-6-3-4-9-23(18)32)10-11-24(33)25-17(2)13-21-26(22(25)15-31)28(35)29(27(21)34)19-7-5-8-20(14-19)30(36)37/h3-9,12,14,21-22,24,26,31-33H,10-11,13,15H2,1-2H3/b16-12+/t21-,22+,24-,26-/m1/s1. The summed E-state index contributed by atoms with van der Waals surface area (Å²) in [6.07, 6.45) is 2.04. The zero-order valence-corrected chi connectivity index (χ0v) is 20.7. The van der Waals surface area contributed by atoms with E-state index in [0.717, 1.165) is 16.0 Å². The highest BCUT2D eigenvalue weighted by Crippen LogP contribution is 2.47. The number of allylic oxidation sites excluding steroid dienone is 2. The van der Waals surface area contributed by atoms with Gasteiger partial charge in [0.15, 0.2) is 0 Å². The smallest absolute Gasteiger partial charge is 0.271 e. The molecule has 1 aliphatic heterocycles. The number of benzene rings is 2. The van der Waals surface area contributed by atoms with Crippen molar-refractivity contribution in [3.8, 4) is 5.75 Å². The van der Waals surface area contributed by atoms with Crippen molar-refractivity contribution in [2.24, 2.45) is 17.8 Å². The summed E-state index contributed by atoms with van der Waals surface area (Å²) in [7, 11) is 0. The van der Waals surface area contributed by atoms with Gasteiger partial charge in [0.1, 0.15) is 5.75 Å². The van der Waals surface area contributed by atoms with E-state index in [2.05, 4.69) is 0 Å². The van der Waals surface area contributed by atoms with Crippen LogP contribution in [-0.4, -0.2) is 44.8 Å². The number of nitro groups is 1. The molecule has 2 aliphatic rings. The lowest BCUT2D eigenvalue weighted by Gasteiger charge is -2.35. The lowest BCUT2D eigenvalue weighted by Crippen LogP contribution is -2.38. The van der Waals surface area contributed by atoms with E-state index in [1.54, 1.807) is 25.1 Å². The van der Waals surface area contributed by atoms with Crippen LogP contribution in [0.1, 0.15) is 38.7 Å². The molecule has 1 saturated heterocycles. The number of anilines is 1. The number of non-ortho nitro benzene ring substituents is 1. The Morgan fingerprint density at radius 3 is 2.59 bits per heavy atom. The Kier molecular flexibility index (Phi) is 7.56. The van der Waals surface area contributed by atoms with Crippen LogP contribution in [0.3, 0.4) is 0 Å². The molecular weight excluding hydrogens is 476 g/mol. The van der Waals surface area contributed by atoms with Gasteiger partial charge in [-0.25, -0.2) is 4.90 Å². The van der Waals surface area contributed by atoms with Crippen LogP contribution in [0.15, 0.2) is 65.3 Å². The number of phenolic OH excluding ortho intramolecular Hbond substituents is 1. The van der Waals surface area contributed by atoms with Gasteiger partial charge >= 0.3 is 0 Å². The van der Waals surface area contributed by atoms with Crippen molar-refractivity contribution in [3.05, 3.63) is 80.9 Å². The summed E-state index contributed by atoms with van der Waals surface area (Å²) in [4.78, 5) is 38.3. The van der Waals surface area contributed by atoms with Crippen LogP contribution in [-0.2, 0) is 9.59 Å². The number of aromatic hydroxyl groups is 1. The van der Waals surface area contributed by atoms with Crippen molar-refractivity contribution < 1.29 is 29.8 Å². The molecule has 0 spiro atoms. The maximum atomic E-state index is 13.5. The van der Waals surface area contributed by atoms with E-state index in [0.29, 0.717) is 24.0 Å². The first-order valence-electron chi connectivity index (χ1n) is 12.2. The van der Waals surface area contributed by atoms with Crippen molar-refractivity contribution in [1.29, 1.82) is 0 Å². The van der Waals surface area contributed by atoms with Gasteiger partial charge in [0.2, 0.25) is 11.8 Å². The quantitative estimate of drug-likeness (QED) is 0.213. The van der Waals surface area contributed by atoms with Crippen molar-refractivity contribution >= 4 is 29.3 Å². The fourth-order valence-corrected chi connectivity index (χ4v) is 5.58. The van der Waals surface area contributed by atoms with Crippen LogP contribution in [0, 0.1) is 27.9 Å². The van der Waals surface area contributed by atoms with E-state index in [4.69, 9.17) is 0 Å². The highest BCUT2D eigenvalue weighted by atomic mass is 16.6. The number of hydrogen-bond acceptors (Lipinski definition) is 7. The lowest BCUT2D eigenvalue weighted by molar-refractivity contribution is -0.384. The first-order chi connectivity index (χ1) is 17.6. The summed E-state index contributed by atoms with van der Waals surface area (Å²) in [5.41, 5.74) is 2.84. The second kappa shape index (κ2) is 10.7. The second-order valence-corrected chi connectivity index (χ2v) is 9.75. The number of nitro benzene ring substituents is 1. The third-order valence-electron chi connectivity index (χ3n) is 7.33. The molecule has 0 saturated carbocycles. The van der Waals surface area contributed by atoms with Crippen LogP contribution >= 0.6 is 0 Å². The topological polar surface area (TPSA) is 141 Å². The van der Waals surface area contributed by atoms with Crippen LogP contribution in [0.25, 0.3) is 6.08 Å². The van der Waals surface area contributed by atoms with Crippen molar-refractivity contribution in [3.63, 3.8) is 0 Å². The normalized spacial score (nSPS) is 22.9. The Hall–Kier alpha value is -3.82. The lowest BCUT2D eigenvalue weighted by atomic mass is 9.68. The largest absolute Gasteiger partial charge is 0.507 e. The predicted octanol–water partition coefficient (Wildman–Crippen LogP) is 3.98. The van der Waals surface area contributed by atoms with E-state index < -0.39 is 47.2 Å². The number of carbonyl (C=O) groups is 2. The average Bonchev–Trinajstić information content (AvgIpc) is 3.12. The molecule has 0 bridgehead atoms.